The van der Waals surface area contributed by atoms with Gasteiger partial charge < -0.3 is 4.74 Å². The molecule has 0 aliphatic carbocycles. The van der Waals surface area contributed by atoms with Crippen LogP contribution >= 0.6 is 0 Å². The van der Waals surface area contributed by atoms with Crippen molar-refractivity contribution < 1.29 is 14.3 Å². The van der Waals surface area contributed by atoms with Gasteiger partial charge in [-0.05, 0) is 32.9 Å². The van der Waals surface area contributed by atoms with Gasteiger partial charge in [0.15, 0.2) is 5.78 Å². The topological polar surface area (TPSA) is 56.3 Å². The molecule has 0 fully saturated rings. The number of esters is 1. The Kier molecular flexibility index (Phi) is 3.84. The highest BCUT2D eigenvalue weighted by atomic mass is 16.6. The van der Waals surface area contributed by atoms with Gasteiger partial charge in [0.1, 0.15) is 17.7 Å². The molecule has 0 bridgehead atoms. The number of ketones is 1. The van der Waals surface area contributed by atoms with E-state index in [9.17, 15) is 9.59 Å². The molecule has 0 atom stereocenters. The van der Waals surface area contributed by atoms with E-state index >= 15 is 0 Å². The quantitative estimate of drug-likeness (QED) is 0.489. The van der Waals surface area contributed by atoms with Gasteiger partial charge >= 0.3 is 5.97 Å². The smallest absolute Gasteiger partial charge is 0.318 e. The van der Waals surface area contributed by atoms with Crippen LogP contribution in [0, 0.1) is 6.42 Å². The van der Waals surface area contributed by atoms with Gasteiger partial charge in [0.25, 0.3) is 0 Å². The molecule has 0 N–H and O–H groups in total. The molecule has 0 aliphatic heterocycles. The molecular weight excluding hydrogens is 254 g/mol. The zero-order valence-corrected chi connectivity index (χ0v) is 11.7. The number of aromatic nitrogens is 1. The maximum atomic E-state index is 12.0. The predicted octanol–water partition coefficient (Wildman–Crippen LogP) is 2.96. The summed E-state index contributed by atoms with van der Waals surface area (Å²) >= 11 is 0. The lowest BCUT2D eigenvalue weighted by Gasteiger charge is -2.18. The van der Waals surface area contributed by atoms with Crippen molar-refractivity contribution in [2.75, 3.05) is 0 Å². The minimum absolute atomic E-state index is 0.231. The molecule has 1 heterocycles. The third-order valence-electron chi connectivity index (χ3n) is 2.51. The van der Waals surface area contributed by atoms with Crippen LogP contribution in [0.1, 0.15) is 31.3 Å². The summed E-state index contributed by atoms with van der Waals surface area (Å²) in [5.74, 6) is -1.11. The number of fused-ring (bicyclic) bond motifs is 1. The summed E-state index contributed by atoms with van der Waals surface area (Å²) in [6, 6.07) is 10.9. The van der Waals surface area contributed by atoms with Gasteiger partial charge in [-0.15, -0.1) is 0 Å². The lowest BCUT2D eigenvalue weighted by molar-refractivity contribution is -0.149. The van der Waals surface area contributed by atoms with Crippen molar-refractivity contribution in [2.24, 2.45) is 0 Å². The summed E-state index contributed by atoms with van der Waals surface area (Å²) in [6.45, 7) is 5.24. The molecule has 0 saturated heterocycles. The summed E-state index contributed by atoms with van der Waals surface area (Å²) in [6.07, 6.45) is 0.933. The van der Waals surface area contributed by atoms with Crippen molar-refractivity contribution in [3.63, 3.8) is 0 Å². The molecule has 4 nitrogen and oxygen atoms in total. The summed E-state index contributed by atoms with van der Waals surface area (Å²) in [5.41, 5.74) is 0.329. The van der Waals surface area contributed by atoms with Crippen molar-refractivity contribution in [2.45, 2.75) is 26.4 Å². The van der Waals surface area contributed by atoms with Gasteiger partial charge in [-0.2, -0.15) is 0 Å². The molecule has 20 heavy (non-hydrogen) atoms. The van der Waals surface area contributed by atoms with E-state index in [1.165, 1.54) is 0 Å². The number of hydrogen-bond donors (Lipinski definition) is 0. The fraction of sp³-hybridized carbons (Fsp3) is 0.250. The van der Waals surface area contributed by atoms with Crippen LogP contribution < -0.4 is 0 Å². The maximum absolute atomic E-state index is 12.0. The first-order valence-corrected chi connectivity index (χ1v) is 6.33. The van der Waals surface area contributed by atoms with Crippen molar-refractivity contribution in [3.05, 3.63) is 48.5 Å². The highest BCUT2D eigenvalue weighted by Crippen LogP contribution is 2.14. The van der Waals surface area contributed by atoms with Crippen LogP contribution in [0.2, 0.25) is 0 Å². The zero-order chi connectivity index (χ0) is 14.8. The van der Waals surface area contributed by atoms with Crippen LogP contribution in [0.25, 0.3) is 10.9 Å². The van der Waals surface area contributed by atoms with Crippen molar-refractivity contribution in [3.8, 4) is 0 Å². The third-order valence-corrected chi connectivity index (χ3v) is 2.51. The minimum atomic E-state index is -0.655. The van der Waals surface area contributed by atoms with Crippen molar-refractivity contribution in [1.29, 1.82) is 0 Å². The molecule has 0 unspecified atom stereocenters. The van der Waals surface area contributed by atoms with Crippen LogP contribution in [0.4, 0.5) is 0 Å². The number of ether oxygens (including phenoxy) is 1. The second-order valence-electron chi connectivity index (χ2n) is 5.43. The zero-order valence-electron chi connectivity index (χ0n) is 11.7. The Morgan fingerprint density at radius 3 is 2.50 bits per heavy atom. The first kappa shape index (κ1) is 14.2. The van der Waals surface area contributed by atoms with Crippen molar-refractivity contribution >= 4 is 22.7 Å². The Bertz CT molecular complexity index is 656. The average Bonchev–Trinajstić information content (AvgIpc) is 2.35. The molecule has 0 aliphatic rings. The molecule has 2 rings (SSSR count). The molecule has 1 aromatic heterocycles. The van der Waals surface area contributed by atoms with Crippen LogP contribution in [0.3, 0.4) is 0 Å². The third kappa shape index (κ3) is 3.63. The number of carbonyl (C=O) groups is 2. The summed E-state index contributed by atoms with van der Waals surface area (Å²) in [5, 5.41) is 0.946. The second-order valence-corrected chi connectivity index (χ2v) is 5.43. The molecule has 0 amide bonds. The molecule has 0 spiro atoms. The lowest BCUT2D eigenvalue weighted by atomic mass is 10.1. The van der Waals surface area contributed by atoms with E-state index in [0.29, 0.717) is 0 Å². The van der Waals surface area contributed by atoms with Gasteiger partial charge in [0, 0.05) is 5.39 Å². The summed E-state index contributed by atoms with van der Waals surface area (Å²) < 4.78 is 5.07. The first-order valence-electron chi connectivity index (χ1n) is 6.33. The average molecular weight is 270 g/mol. The highest BCUT2D eigenvalue weighted by Gasteiger charge is 2.21. The Hall–Kier alpha value is -2.23. The van der Waals surface area contributed by atoms with Crippen LogP contribution in [0.5, 0.6) is 0 Å². The number of rotatable bonds is 3. The number of pyridine rings is 1. The van der Waals surface area contributed by atoms with Gasteiger partial charge in [0.2, 0.25) is 0 Å². The van der Waals surface area contributed by atoms with E-state index in [1.807, 2.05) is 24.3 Å². The van der Waals surface area contributed by atoms with Gasteiger partial charge in [-0.1, -0.05) is 24.3 Å². The maximum Gasteiger partial charge on any atom is 0.318 e. The standard InChI is InChI=1S/C16H16NO3/c1-16(2,3)20-15(19)10-14(18)13-9-8-11-6-4-5-7-12(11)17-13/h4-10H,1-3H3. The second kappa shape index (κ2) is 5.41. The number of carbonyl (C=O) groups excluding carboxylic acids is 2. The largest absolute Gasteiger partial charge is 0.459 e. The van der Waals surface area contributed by atoms with Gasteiger partial charge in [-0.3, -0.25) is 9.59 Å². The molecule has 1 aromatic carbocycles. The van der Waals surface area contributed by atoms with Gasteiger partial charge in [0.05, 0.1) is 5.52 Å². The number of para-hydroxylation sites is 1. The fourth-order valence-electron chi connectivity index (χ4n) is 1.72. The number of benzene rings is 1. The van der Waals surface area contributed by atoms with E-state index in [1.54, 1.807) is 32.9 Å². The van der Waals surface area contributed by atoms with E-state index < -0.39 is 17.4 Å². The Labute approximate surface area is 117 Å². The number of hydrogen-bond acceptors (Lipinski definition) is 4. The Balaban J connectivity index is 2.13. The van der Waals surface area contributed by atoms with Crippen LogP contribution in [0.15, 0.2) is 36.4 Å². The fourth-order valence-corrected chi connectivity index (χ4v) is 1.72. The highest BCUT2D eigenvalue weighted by molar-refractivity contribution is 6.15. The Morgan fingerprint density at radius 1 is 1.10 bits per heavy atom. The minimum Gasteiger partial charge on any atom is -0.459 e. The Morgan fingerprint density at radius 2 is 1.80 bits per heavy atom. The molecule has 4 heteroatoms. The normalized spacial score (nSPS) is 11.3. The van der Waals surface area contributed by atoms with E-state index in [-0.39, 0.29) is 5.69 Å². The van der Waals surface area contributed by atoms with Crippen molar-refractivity contribution in [1.82, 2.24) is 4.98 Å². The monoisotopic (exact) mass is 270 g/mol. The number of Topliss-reactive ketones (excluding diaryl/α,β-unsaturated/α-hetero) is 1. The predicted molar refractivity (Wildman–Crippen MR) is 76.2 cm³/mol. The molecule has 103 valence electrons. The summed E-state index contributed by atoms with van der Waals surface area (Å²) in [7, 11) is 0. The number of nitrogens with zero attached hydrogens (tertiary/aromatic N) is 1. The summed E-state index contributed by atoms with van der Waals surface area (Å²) in [4.78, 5) is 27.8. The van der Waals surface area contributed by atoms with E-state index in [0.717, 1.165) is 17.3 Å². The molecule has 2 aromatic rings. The first-order chi connectivity index (χ1) is 9.35. The molecular formula is C16H16NO3. The van der Waals surface area contributed by atoms with Crippen LogP contribution in [-0.4, -0.2) is 22.3 Å². The lowest BCUT2D eigenvalue weighted by Crippen LogP contribution is -2.26. The van der Waals surface area contributed by atoms with E-state index in [2.05, 4.69) is 4.98 Å². The molecule has 0 saturated carbocycles. The SMILES string of the molecule is CC(C)(C)OC(=O)[CH]C(=O)c1ccc2ccccc2n1. The van der Waals surface area contributed by atoms with Gasteiger partial charge in [-0.25, -0.2) is 4.98 Å². The van der Waals surface area contributed by atoms with E-state index in [4.69, 9.17) is 4.74 Å². The van der Waals surface area contributed by atoms with Crippen LogP contribution in [-0.2, 0) is 9.53 Å². The molecule has 1 radical (unpaired) electrons.